The number of hydrogen-bond acceptors (Lipinski definition) is 5. The van der Waals surface area contributed by atoms with E-state index < -0.39 is 17.2 Å². The zero-order valence-electron chi connectivity index (χ0n) is 17.0. The van der Waals surface area contributed by atoms with Gasteiger partial charge in [-0.05, 0) is 35.4 Å². The Hall–Kier alpha value is -3.62. The Morgan fingerprint density at radius 3 is 2.44 bits per heavy atom. The highest BCUT2D eigenvalue weighted by Gasteiger charge is 2.23. The first-order chi connectivity index (χ1) is 15.3. The molecule has 162 valence electrons. The molecular formula is C23H19ClN4O3S. The smallest absolute Gasteiger partial charge is 0.330 e. The molecule has 0 atom stereocenters. The van der Waals surface area contributed by atoms with Gasteiger partial charge in [-0.2, -0.15) is 0 Å². The molecule has 0 aliphatic rings. The van der Waals surface area contributed by atoms with Crippen LogP contribution in [0.15, 0.2) is 76.3 Å². The molecule has 2 aromatic heterocycles. The van der Waals surface area contributed by atoms with Gasteiger partial charge in [-0.25, -0.2) is 4.79 Å². The van der Waals surface area contributed by atoms with Gasteiger partial charge in [-0.3, -0.25) is 19.1 Å². The summed E-state index contributed by atoms with van der Waals surface area (Å²) in [5.41, 5.74) is 6.52. The predicted octanol–water partition coefficient (Wildman–Crippen LogP) is 3.83. The summed E-state index contributed by atoms with van der Waals surface area (Å²) in [6, 6.07) is 20.0. The molecule has 0 unspecified atom stereocenters. The number of nitrogens with zero attached hydrogens (tertiary/aromatic N) is 2. The van der Waals surface area contributed by atoms with Crippen molar-refractivity contribution >= 4 is 40.4 Å². The number of carbonyl (C=O) groups excluding carboxylic acids is 1. The van der Waals surface area contributed by atoms with Crippen LogP contribution >= 0.6 is 22.9 Å². The molecule has 0 saturated carbocycles. The van der Waals surface area contributed by atoms with Crippen molar-refractivity contribution in [2.45, 2.75) is 6.54 Å². The van der Waals surface area contributed by atoms with Crippen LogP contribution in [0.1, 0.15) is 15.2 Å². The van der Waals surface area contributed by atoms with Gasteiger partial charge in [0, 0.05) is 16.9 Å². The summed E-state index contributed by atoms with van der Waals surface area (Å²) in [7, 11) is 1.46. The van der Waals surface area contributed by atoms with E-state index in [1.165, 1.54) is 27.9 Å². The van der Waals surface area contributed by atoms with Gasteiger partial charge < -0.3 is 10.6 Å². The number of amides is 1. The molecule has 4 rings (SSSR count). The average molecular weight is 467 g/mol. The van der Waals surface area contributed by atoms with Crippen molar-refractivity contribution in [3.8, 4) is 10.4 Å². The Bertz CT molecular complexity index is 1390. The second-order valence-corrected chi connectivity index (χ2v) is 8.62. The van der Waals surface area contributed by atoms with Crippen LogP contribution < -0.4 is 21.9 Å². The van der Waals surface area contributed by atoms with Gasteiger partial charge in [0.2, 0.25) is 0 Å². The van der Waals surface area contributed by atoms with E-state index in [9.17, 15) is 14.4 Å². The minimum Gasteiger partial charge on any atom is -0.383 e. The van der Waals surface area contributed by atoms with Crippen LogP contribution in [0.2, 0.25) is 5.02 Å². The summed E-state index contributed by atoms with van der Waals surface area (Å²) >= 11 is 7.23. The van der Waals surface area contributed by atoms with Crippen LogP contribution in [0, 0.1) is 0 Å². The lowest BCUT2D eigenvalue weighted by molar-refractivity contribution is 0.0996. The van der Waals surface area contributed by atoms with Crippen LogP contribution in [-0.2, 0) is 6.54 Å². The minimum absolute atomic E-state index is 0.0760. The lowest BCUT2D eigenvalue weighted by atomic mass is 10.2. The first kappa shape index (κ1) is 21.6. The molecule has 9 heteroatoms. The molecule has 0 bridgehead atoms. The number of H-pyrrole nitrogens is 1. The van der Waals surface area contributed by atoms with E-state index >= 15 is 0 Å². The van der Waals surface area contributed by atoms with E-state index in [-0.39, 0.29) is 18.1 Å². The molecule has 7 nitrogen and oxygen atoms in total. The number of anilines is 2. The van der Waals surface area contributed by atoms with Gasteiger partial charge >= 0.3 is 5.69 Å². The number of thiophene rings is 1. The predicted molar refractivity (Wildman–Crippen MR) is 129 cm³/mol. The van der Waals surface area contributed by atoms with E-state index in [4.69, 9.17) is 17.3 Å². The van der Waals surface area contributed by atoms with Gasteiger partial charge in [0.05, 0.1) is 11.4 Å². The Morgan fingerprint density at radius 2 is 1.75 bits per heavy atom. The van der Waals surface area contributed by atoms with Crippen molar-refractivity contribution in [3.63, 3.8) is 0 Å². The zero-order valence-corrected chi connectivity index (χ0v) is 18.6. The summed E-state index contributed by atoms with van der Waals surface area (Å²) in [6.45, 7) is 0.164. The number of hydrogen-bond donors (Lipinski definition) is 2. The molecule has 0 aliphatic carbocycles. The largest absolute Gasteiger partial charge is 0.383 e. The topological polar surface area (TPSA) is 101 Å². The van der Waals surface area contributed by atoms with Gasteiger partial charge in [0.15, 0.2) is 5.69 Å². The lowest BCUT2D eigenvalue weighted by Crippen LogP contribution is -2.39. The molecule has 0 saturated heterocycles. The number of rotatable bonds is 5. The molecule has 0 radical (unpaired) electrons. The number of aromatic nitrogens is 2. The van der Waals surface area contributed by atoms with Crippen molar-refractivity contribution in [1.82, 2.24) is 9.55 Å². The second kappa shape index (κ2) is 8.86. The maximum absolute atomic E-state index is 13.1. The Morgan fingerprint density at radius 1 is 1.06 bits per heavy atom. The molecule has 0 aliphatic heterocycles. The number of carbonyl (C=O) groups is 1. The van der Waals surface area contributed by atoms with E-state index in [1.54, 1.807) is 18.2 Å². The molecule has 0 fully saturated rings. The van der Waals surface area contributed by atoms with Gasteiger partial charge in [0.25, 0.3) is 11.5 Å². The molecule has 1 amide bonds. The summed E-state index contributed by atoms with van der Waals surface area (Å²) in [5.74, 6) is -0.481. The zero-order chi connectivity index (χ0) is 22.8. The average Bonchev–Trinajstić information content (AvgIpc) is 3.27. The van der Waals surface area contributed by atoms with Crippen LogP contribution in [0.3, 0.4) is 0 Å². The molecule has 32 heavy (non-hydrogen) atoms. The first-order valence-electron chi connectivity index (χ1n) is 9.65. The highest BCUT2D eigenvalue weighted by Crippen LogP contribution is 2.30. The quantitative estimate of drug-likeness (QED) is 0.466. The van der Waals surface area contributed by atoms with Gasteiger partial charge in [-0.15, -0.1) is 11.3 Å². The number of benzene rings is 2. The van der Waals surface area contributed by atoms with E-state index in [2.05, 4.69) is 4.98 Å². The highest BCUT2D eigenvalue weighted by molar-refractivity contribution is 7.17. The van der Waals surface area contributed by atoms with Crippen LogP contribution in [-0.4, -0.2) is 22.5 Å². The molecule has 0 spiro atoms. The van der Waals surface area contributed by atoms with Crippen LogP contribution in [0.4, 0.5) is 11.5 Å². The van der Waals surface area contributed by atoms with Crippen LogP contribution in [0.25, 0.3) is 10.4 Å². The highest BCUT2D eigenvalue weighted by atomic mass is 35.5. The SMILES string of the molecule is CN(C(=O)c1ccc(-c2ccc(Cl)cc2)s1)c1c(N)n(Cc2ccccc2)c(=O)[nH]c1=O. The fourth-order valence-corrected chi connectivity index (χ4v) is 4.43. The van der Waals surface area contributed by atoms with Crippen molar-refractivity contribution in [1.29, 1.82) is 0 Å². The molecule has 2 heterocycles. The summed E-state index contributed by atoms with van der Waals surface area (Å²) in [5, 5.41) is 0.627. The fraction of sp³-hybridized carbons (Fsp3) is 0.0870. The Kier molecular flexibility index (Phi) is 5.98. The maximum atomic E-state index is 13.1. The lowest BCUT2D eigenvalue weighted by Gasteiger charge is -2.20. The number of aromatic amines is 1. The second-order valence-electron chi connectivity index (χ2n) is 7.10. The number of halogens is 1. The van der Waals surface area contributed by atoms with Crippen molar-refractivity contribution in [2.75, 3.05) is 17.7 Å². The molecular weight excluding hydrogens is 448 g/mol. The molecule has 4 aromatic rings. The minimum atomic E-state index is -0.720. The maximum Gasteiger partial charge on any atom is 0.330 e. The van der Waals surface area contributed by atoms with E-state index in [1.807, 2.05) is 48.5 Å². The third-order valence-corrected chi connectivity index (χ3v) is 6.36. The number of nitrogen functional groups attached to an aromatic ring is 1. The third kappa shape index (κ3) is 4.23. The monoisotopic (exact) mass is 466 g/mol. The summed E-state index contributed by atoms with van der Waals surface area (Å²) in [4.78, 5) is 42.8. The first-order valence-corrected chi connectivity index (χ1v) is 10.8. The summed E-state index contributed by atoms with van der Waals surface area (Å²) in [6.07, 6.45) is 0. The van der Waals surface area contributed by atoms with Gasteiger partial charge in [-0.1, -0.05) is 54.1 Å². The third-order valence-electron chi connectivity index (χ3n) is 4.98. The van der Waals surface area contributed by atoms with Crippen molar-refractivity contribution in [3.05, 3.63) is 103 Å². The van der Waals surface area contributed by atoms with E-state index in [0.29, 0.717) is 9.90 Å². The van der Waals surface area contributed by atoms with Crippen molar-refractivity contribution < 1.29 is 4.79 Å². The molecule has 2 aromatic carbocycles. The molecule has 3 N–H and O–H groups in total. The standard InChI is InChI=1S/C23H19ClN4O3S/c1-27(22(30)18-12-11-17(32-18)15-7-9-16(24)10-8-15)19-20(25)28(23(31)26-21(19)29)13-14-5-3-2-4-6-14/h2-12H,13,25H2,1H3,(H,26,29,31). The summed E-state index contributed by atoms with van der Waals surface area (Å²) < 4.78 is 1.24. The van der Waals surface area contributed by atoms with Crippen LogP contribution in [0.5, 0.6) is 0 Å². The van der Waals surface area contributed by atoms with Crippen molar-refractivity contribution in [2.24, 2.45) is 0 Å². The van der Waals surface area contributed by atoms with Gasteiger partial charge in [0.1, 0.15) is 5.82 Å². The normalized spacial score (nSPS) is 10.8. The number of nitrogens with two attached hydrogens (primary N) is 1. The Balaban J connectivity index is 1.67. The Labute approximate surface area is 192 Å². The fourth-order valence-electron chi connectivity index (χ4n) is 3.31. The number of nitrogens with one attached hydrogen (secondary N) is 1. The van der Waals surface area contributed by atoms with E-state index in [0.717, 1.165) is 16.0 Å².